The van der Waals surface area contributed by atoms with E-state index >= 15 is 0 Å². The number of carbonyl (C=O) groups is 1. The first-order valence-corrected chi connectivity index (χ1v) is 6.16. The minimum atomic E-state index is -0.0901. The molecule has 17 heavy (non-hydrogen) atoms. The average Bonchev–Trinajstić information content (AvgIpc) is 2.36. The molecule has 2 nitrogen and oxygen atoms in total. The van der Waals surface area contributed by atoms with Gasteiger partial charge in [-0.15, -0.1) is 0 Å². The average molecular weight is 232 g/mol. The molecule has 92 valence electrons. The first-order valence-electron chi connectivity index (χ1n) is 6.16. The second-order valence-corrected chi connectivity index (χ2v) is 3.91. The maximum absolute atomic E-state index is 11.6. The van der Waals surface area contributed by atoms with Crippen molar-refractivity contribution in [3.05, 3.63) is 42.0 Å². The van der Waals surface area contributed by atoms with E-state index in [1.807, 2.05) is 56.3 Å². The largest absolute Gasteiger partial charge is 0.466 e. The summed E-state index contributed by atoms with van der Waals surface area (Å²) in [6, 6.07) is 10.1. The van der Waals surface area contributed by atoms with E-state index in [9.17, 15) is 4.79 Å². The molecule has 0 aromatic heterocycles. The molecule has 2 heteroatoms. The van der Waals surface area contributed by atoms with Gasteiger partial charge in [-0.25, -0.2) is 0 Å². The number of hydrogen-bond donors (Lipinski definition) is 0. The molecule has 1 unspecified atom stereocenters. The third-order valence-electron chi connectivity index (χ3n) is 2.64. The van der Waals surface area contributed by atoms with E-state index < -0.39 is 0 Å². The highest BCUT2D eigenvalue weighted by molar-refractivity contribution is 5.72. The molecule has 1 aromatic carbocycles. The predicted molar refractivity (Wildman–Crippen MR) is 70.5 cm³/mol. The summed E-state index contributed by atoms with van der Waals surface area (Å²) in [5.41, 5.74) is 1.16. The first kappa shape index (κ1) is 13.5. The Kier molecular flexibility index (Phi) is 6.08. The summed E-state index contributed by atoms with van der Waals surface area (Å²) in [6.45, 7) is 4.31. The van der Waals surface area contributed by atoms with Crippen molar-refractivity contribution in [3.8, 4) is 0 Å². The van der Waals surface area contributed by atoms with E-state index in [0.29, 0.717) is 6.61 Å². The number of allylic oxidation sites excluding steroid dienone is 1. The van der Waals surface area contributed by atoms with E-state index in [4.69, 9.17) is 4.74 Å². The molecule has 0 amide bonds. The van der Waals surface area contributed by atoms with Crippen molar-refractivity contribution < 1.29 is 9.53 Å². The lowest BCUT2D eigenvalue weighted by Gasteiger charge is -2.10. The van der Waals surface area contributed by atoms with Crippen molar-refractivity contribution in [1.29, 1.82) is 0 Å². The van der Waals surface area contributed by atoms with Crippen LogP contribution in [0.4, 0.5) is 0 Å². The van der Waals surface area contributed by atoms with Gasteiger partial charge in [0.25, 0.3) is 0 Å². The highest BCUT2D eigenvalue weighted by atomic mass is 16.5. The van der Waals surface area contributed by atoms with Gasteiger partial charge in [-0.1, -0.05) is 49.4 Å². The first-order chi connectivity index (χ1) is 8.27. The Balaban J connectivity index is 2.48. The lowest BCUT2D eigenvalue weighted by molar-refractivity contribution is -0.148. The molecule has 0 aliphatic carbocycles. The van der Waals surface area contributed by atoms with Crippen molar-refractivity contribution in [3.63, 3.8) is 0 Å². The maximum atomic E-state index is 11.6. The molecule has 1 rings (SSSR count). The highest BCUT2D eigenvalue weighted by Crippen LogP contribution is 2.13. The third kappa shape index (κ3) is 4.85. The lowest BCUT2D eigenvalue weighted by Crippen LogP contribution is -2.16. The molecule has 0 saturated carbocycles. The molecule has 1 aromatic rings. The molecule has 0 bridgehead atoms. The molecule has 0 heterocycles. The van der Waals surface area contributed by atoms with Crippen LogP contribution >= 0.6 is 0 Å². The van der Waals surface area contributed by atoms with Gasteiger partial charge in [0.1, 0.15) is 0 Å². The zero-order valence-electron chi connectivity index (χ0n) is 10.6. The fourth-order valence-electron chi connectivity index (χ4n) is 1.62. The number of esters is 1. The van der Waals surface area contributed by atoms with E-state index in [-0.39, 0.29) is 11.9 Å². The molecule has 1 atom stereocenters. The normalized spacial score (nSPS) is 12.6. The van der Waals surface area contributed by atoms with Crippen LogP contribution < -0.4 is 0 Å². The number of ether oxygens (including phenoxy) is 1. The van der Waals surface area contributed by atoms with Crippen LogP contribution in [0.2, 0.25) is 0 Å². The summed E-state index contributed by atoms with van der Waals surface area (Å²) >= 11 is 0. The van der Waals surface area contributed by atoms with Crippen LogP contribution in [-0.2, 0) is 9.53 Å². The topological polar surface area (TPSA) is 26.3 Å². The summed E-state index contributed by atoms with van der Waals surface area (Å²) in [4.78, 5) is 11.6. The fraction of sp³-hybridized carbons (Fsp3) is 0.400. The molecule has 0 aliphatic heterocycles. The summed E-state index contributed by atoms with van der Waals surface area (Å²) in [5, 5.41) is 0. The van der Waals surface area contributed by atoms with E-state index in [1.165, 1.54) is 0 Å². The monoisotopic (exact) mass is 232 g/mol. The van der Waals surface area contributed by atoms with Crippen LogP contribution in [0.3, 0.4) is 0 Å². The predicted octanol–water partition coefficient (Wildman–Crippen LogP) is 3.68. The smallest absolute Gasteiger partial charge is 0.309 e. The lowest BCUT2D eigenvalue weighted by atomic mass is 10.0. The van der Waals surface area contributed by atoms with E-state index in [2.05, 4.69) is 0 Å². The second-order valence-electron chi connectivity index (χ2n) is 3.91. The van der Waals surface area contributed by atoms with Crippen LogP contribution in [0, 0.1) is 5.92 Å². The van der Waals surface area contributed by atoms with E-state index in [1.54, 1.807) is 0 Å². The van der Waals surface area contributed by atoms with Crippen molar-refractivity contribution >= 4 is 12.0 Å². The van der Waals surface area contributed by atoms with Crippen LogP contribution in [-0.4, -0.2) is 12.6 Å². The number of carbonyl (C=O) groups excluding carboxylic acids is 1. The second kappa shape index (κ2) is 7.66. The van der Waals surface area contributed by atoms with Crippen molar-refractivity contribution in [2.75, 3.05) is 6.61 Å². The summed E-state index contributed by atoms with van der Waals surface area (Å²) in [5.74, 6) is -0.109. The Labute approximate surface area is 103 Å². The van der Waals surface area contributed by atoms with E-state index in [0.717, 1.165) is 18.4 Å². The zero-order valence-corrected chi connectivity index (χ0v) is 10.6. The van der Waals surface area contributed by atoms with Crippen LogP contribution in [0.25, 0.3) is 6.08 Å². The fourth-order valence-corrected chi connectivity index (χ4v) is 1.62. The summed E-state index contributed by atoms with van der Waals surface area (Å²) < 4.78 is 5.02. The maximum Gasteiger partial charge on any atom is 0.309 e. The number of hydrogen-bond acceptors (Lipinski definition) is 2. The van der Waals surface area contributed by atoms with Crippen LogP contribution in [0.5, 0.6) is 0 Å². The molecular weight excluding hydrogens is 212 g/mol. The Hall–Kier alpha value is -1.57. The Morgan fingerprint density at radius 2 is 2.00 bits per heavy atom. The molecule has 0 saturated heterocycles. The van der Waals surface area contributed by atoms with Gasteiger partial charge in [0.05, 0.1) is 12.5 Å². The molecular formula is C15H20O2. The standard InChI is InChI=1S/C15H20O2/c1-3-14(15(16)17-4-2)12-8-11-13-9-6-5-7-10-13/h5-11,14H,3-4,12H2,1-2H3/b11-8+. The molecule has 0 spiro atoms. The quantitative estimate of drug-likeness (QED) is 0.699. The molecule has 0 radical (unpaired) electrons. The minimum absolute atomic E-state index is 0.0186. The number of benzene rings is 1. The van der Waals surface area contributed by atoms with Gasteiger partial charge in [-0.05, 0) is 25.3 Å². The minimum Gasteiger partial charge on any atom is -0.466 e. The highest BCUT2D eigenvalue weighted by Gasteiger charge is 2.15. The number of rotatable bonds is 6. The van der Waals surface area contributed by atoms with Crippen LogP contribution in [0.15, 0.2) is 36.4 Å². The summed E-state index contributed by atoms with van der Waals surface area (Å²) in [7, 11) is 0. The van der Waals surface area contributed by atoms with Gasteiger partial charge in [0, 0.05) is 0 Å². The Morgan fingerprint density at radius 3 is 2.59 bits per heavy atom. The van der Waals surface area contributed by atoms with Gasteiger partial charge in [0.15, 0.2) is 0 Å². The molecule has 0 fully saturated rings. The van der Waals surface area contributed by atoms with Crippen LogP contribution in [0.1, 0.15) is 32.3 Å². The van der Waals surface area contributed by atoms with Gasteiger partial charge < -0.3 is 4.74 Å². The SMILES string of the molecule is CCOC(=O)C(CC)C/C=C/c1ccccc1. The van der Waals surface area contributed by atoms with Gasteiger partial charge in [0.2, 0.25) is 0 Å². The van der Waals surface area contributed by atoms with Gasteiger partial charge in [-0.3, -0.25) is 4.79 Å². The van der Waals surface area contributed by atoms with Gasteiger partial charge in [-0.2, -0.15) is 0 Å². The van der Waals surface area contributed by atoms with Crippen molar-refractivity contribution in [2.24, 2.45) is 5.92 Å². The van der Waals surface area contributed by atoms with Crippen molar-refractivity contribution in [2.45, 2.75) is 26.7 Å². The van der Waals surface area contributed by atoms with Crippen molar-refractivity contribution in [1.82, 2.24) is 0 Å². The Bertz CT molecular complexity index is 354. The third-order valence-corrected chi connectivity index (χ3v) is 2.64. The summed E-state index contributed by atoms with van der Waals surface area (Å²) in [6.07, 6.45) is 5.64. The van der Waals surface area contributed by atoms with Gasteiger partial charge >= 0.3 is 5.97 Å². The molecule has 0 N–H and O–H groups in total. The zero-order chi connectivity index (χ0) is 12.5. The Morgan fingerprint density at radius 1 is 1.29 bits per heavy atom. The molecule has 0 aliphatic rings.